The SMILES string of the molecule is Cc1cc(Nc2nc(N3CCN(Oc4ccc(Cl)cc4Cl)CC3)nn3cccc23)n[nH]1. The quantitative estimate of drug-likeness (QED) is 0.468. The third-order valence-corrected chi connectivity index (χ3v) is 5.51. The zero-order chi connectivity index (χ0) is 21.4. The molecule has 0 atom stereocenters. The van der Waals surface area contributed by atoms with Crippen LogP contribution < -0.4 is 15.1 Å². The number of aromatic nitrogens is 5. The van der Waals surface area contributed by atoms with Crippen molar-refractivity contribution < 1.29 is 4.84 Å². The van der Waals surface area contributed by atoms with Crippen LogP contribution >= 0.6 is 23.2 Å². The minimum absolute atomic E-state index is 0.487. The zero-order valence-electron chi connectivity index (χ0n) is 16.7. The predicted octanol–water partition coefficient (Wildman–Crippen LogP) is 3.93. The van der Waals surface area contributed by atoms with Gasteiger partial charge in [0.05, 0.1) is 18.1 Å². The Bertz CT molecular complexity index is 1220. The molecule has 160 valence electrons. The number of benzene rings is 1. The van der Waals surface area contributed by atoms with E-state index in [1.54, 1.807) is 18.2 Å². The van der Waals surface area contributed by atoms with Gasteiger partial charge in [-0.3, -0.25) is 5.10 Å². The monoisotopic (exact) mass is 458 g/mol. The maximum absolute atomic E-state index is 6.22. The van der Waals surface area contributed by atoms with Crippen LogP contribution in [0.1, 0.15) is 5.69 Å². The van der Waals surface area contributed by atoms with Crippen LogP contribution in [0.15, 0.2) is 42.6 Å². The topological polar surface area (TPSA) is 86.6 Å². The highest BCUT2D eigenvalue weighted by Crippen LogP contribution is 2.29. The van der Waals surface area contributed by atoms with Crippen LogP contribution in [0.5, 0.6) is 5.75 Å². The fourth-order valence-electron chi connectivity index (χ4n) is 3.42. The number of fused-ring (bicyclic) bond motifs is 1. The first-order valence-electron chi connectivity index (χ1n) is 9.82. The summed E-state index contributed by atoms with van der Waals surface area (Å²) in [6, 6.07) is 11.0. The van der Waals surface area contributed by atoms with Gasteiger partial charge in [-0.1, -0.05) is 23.2 Å². The second kappa shape index (κ2) is 8.26. The summed E-state index contributed by atoms with van der Waals surface area (Å²) in [5, 5.41) is 18.1. The number of rotatable bonds is 5. The van der Waals surface area contributed by atoms with E-state index in [1.807, 2.05) is 40.9 Å². The number of hydrogen-bond acceptors (Lipinski definition) is 7. The Morgan fingerprint density at radius 1 is 1.10 bits per heavy atom. The number of nitrogens with zero attached hydrogens (tertiary/aromatic N) is 6. The van der Waals surface area contributed by atoms with Crippen molar-refractivity contribution in [2.45, 2.75) is 6.92 Å². The van der Waals surface area contributed by atoms with Crippen LogP contribution in [-0.2, 0) is 0 Å². The van der Waals surface area contributed by atoms with Gasteiger partial charge < -0.3 is 15.1 Å². The lowest BCUT2D eigenvalue weighted by molar-refractivity contribution is -0.0620. The smallest absolute Gasteiger partial charge is 0.245 e. The highest BCUT2D eigenvalue weighted by Gasteiger charge is 2.22. The molecule has 9 nitrogen and oxygen atoms in total. The van der Waals surface area contributed by atoms with Crippen molar-refractivity contribution in [3.05, 3.63) is 58.3 Å². The second-order valence-electron chi connectivity index (χ2n) is 7.24. The van der Waals surface area contributed by atoms with Crippen LogP contribution in [0, 0.1) is 6.92 Å². The van der Waals surface area contributed by atoms with Crippen molar-refractivity contribution in [2.75, 3.05) is 36.4 Å². The van der Waals surface area contributed by atoms with Crippen LogP contribution in [0.2, 0.25) is 10.0 Å². The summed E-state index contributed by atoms with van der Waals surface area (Å²) in [7, 11) is 0. The lowest BCUT2D eigenvalue weighted by Gasteiger charge is -2.34. The maximum Gasteiger partial charge on any atom is 0.245 e. The molecule has 4 aromatic rings. The number of halogens is 2. The normalized spacial score (nSPS) is 14.9. The Morgan fingerprint density at radius 2 is 1.94 bits per heavy atom. The first kappa shape index (κ1) is 19.9. The molecule has 1 fully saturated rings. The van der Waals surface area contributed by atoms with Gasteiger partial charge in [0.1, 0.15) is 5.52 Å². The van der Waals surface area contributed by atoms with Crippen LogP contribution in [0.3, 0.4) is 0 Å². The molecular formula is C20H20Cl2N8O. The second-order valence-corrected chi connectivity index (χ2v) is 8.09. The lowest BCUT2D eigenvalue weighted by atomic mass is 10.3. The fraction of sp³-hybridized carbons (Fsp3) is 0.250. The van der Waals surface area contributed by atoms with Gasteiger partial charge >= 0.3 is 0 Å². The highest BCUT2D eigenvalue weighted by atomic mass is 35.5. The minimum Gasteiger partial charge on any atom is -0.404 e. The van der Waals surface area contributed by atoms with Crippen molar-refractivity contribution in [1.29, 1.82) is 0 Å². The summed E-state index contributed by atoms with van der Waals surface area (Å²) in [5.41, 5.74) is 1.85. The van der Waals surface area contributed by atoms with E-state index in [0.717, 1.165) is 11.2 Å². The van der Waals surface area contributed by atoms with Crippen molar-refractivity contribution >= 4 is 46.3 Å². The standard InChI is InChI=1S/C20H20Cl2N8O/c1-13-11-18(26-25-13)23-19-16-3-2-6-30(16)27-20(24-19)28-7-9-29(10-8-28)31-17-5-4-14(21)12-15(17)22/h2-6,11-12H,7-10H2,1H3,(H2,23,24,25,26,27). The number of piperazine rings is 1. The molecule has 0 spiro atoms. The molecule has 0 radical (unpaired) electrons. The molecule has 0 aliphatic carbocycles. The van der Waals surface area contributed by atoms with E-state index in [4.69, 9.17) is 33.0 Å². The first-order valence-corrected chi connectivity index (χ1v) is 10.6. The number of anilines is 3. The van der Waals surface area contributed by atoms with Gasteiger partial charge in [0.2, 0.25) is 5.95 Å². The molecule has 0 saturated carbocycles. The Labute approximate surface area is 188 Å². The minimum atomic E-state index is 0.487. The molecule has 1 saturated heterocycles. The Balaban J connectivity index is 1.31. The first-order chi connectivity index (χ1) is 15.0. The van der Waals surface area contributed by atoms with E-state index in [0.29, 0.717) is 59.6 Å². The molecular weight excluding hydrogens is 439 g/mol. The van der Waals surface area contributed by atoms with Crippen molar-refractivity contribution in [3.8, 4) is 5.75 Å². The summed E-state index contributed by atoms with van der Waals surface area (Å²) in [6.45, 7) is 4.72. The van der Waals surface area contributed by atoms with E-state index in [1.165, 1.54) is 0 Å². The number of aromatic amines is 1. The van der Waals surface area contributed by atoms with Crippen LogP contribution in [0.25, 0.3) is 5.52 Å². The molecule has 1 aromatic carbocycles. The maximum atomic E-state index is 6.22. The third kappa shape index (κ3) is 4.25. The van der Waals surface area contributed by atoms with E-state index in [-0.39, 0.29) is 0 Å². The average Bonchev–Trinajstić information content (AvgIpc) is 3.39. The van der Waals surface area contributed by atoms with Gasteiger partial charge in [0, 0.05) is 36.1 Å². The summed E-state index contributed by atoms with van der Waals surface area (Å²) in [4.78, 5) is 12.8. The predicted molar refractivity (Wildman–Crippen MR) is 120 cm³/mol. The Kier molecular flexibility index (Phi) is 5.31. The summed E-state index contributed by atoms with van der Waals surface area (Å²) >= 11 is 12.2. The molecule has 0 unspecified atom stereocenters. The van der Waals surface area contributed by atoms with Crippen molar-refractivity contribution in [2.24, 2.45) is 0 Å². The van der Waals surface area contributed by atoms with Gasteiger partial charge in [-0.05, 0) is 37.3 Å². The van der Waals surface area contributed by atoms with Gasteiger partial charge in [-0.25, -0.2) is 4.52 Å². The highest BCUT2D eigenvalue weighted by molar-refractivity contribution is 6.35. The van der Waals surface area contributed by atoms with Crippen molar-refractivity contribution in [3.63, 3.8) is 0 Å². The summed E-state index contributed by atoms with van der Waals surface area (Å²) < 4.78 is 1.82. The molecule has 4 heterocycles. The summed E-state index contributed by atoms with van der Waals surface area (Å²) in [5.74, 6) is 2.64. The third-order valence-electron chi connectivity index (χ3n) is 4.98. The number of aryl methyl sites for hydroxylation is 1. The number of nitrogens with one attached hydrogen (secondary N) is 2. The van der Waals surface area contributed by atoms with Gasteiger partial charge in [0.15, 0.2) is 17.4 Å². The van der Waals surface area contributed by atoms with Crippen LogP contribution in [-0.4, -0.2) is 56.0 Å². The van der Waals surface area contributed by atoms with Crippen molar-refractivity contribution in [1.82, 2.24) is 29.9 Å². The molecule has 0 bridgehead atoms. The zero-order valence-corrected chi connectivity index (χ0v) is 18.2. The van der Waals surface area contributed by atoms with Crippen LogP contribution in [0.4, 0.5) is 17.6 Å². The van der Waals surface area contributed by atoms with E-state index < -0.39 is 0 Å². The summed E-state index contributed by atoms with van der Waals surface area (Å²) in [6.07, 6.45) is 1.91. The lowest BCUT2D eigenvalue weighted by Crippen LogP contribution is -2.48. The van der Waals surface area contributed by atoms with Gasteiger partial charge in [-0.2, -0.15) is 10.1 Å². The fourth-order valence-corrected chi connectivity index (χ4v) is 3.86. The van der Waals surface area contributed by atoms with E-state index in [2.05, 4.69) is 25.5 Å². The average molecular weight is 459 g/mol. The molecule has 1 aliphatic heterocycles. The van der Waals surface area contributed by atoms with E-state index >= 15 is 0 Å². The Hall–Kier alpha value is -3.01. The molecule has 31 heavy (non-hydrogen) atoms. The number of H-pyrrole nitrogens is 1. The number of hydroxylamine groups is 2. The van der Waals surface area contributed by atoms with E-state index in [9.17, 15) is 0 Å². The van der Waals surface area contributed by atoms with Gasteiger partial charge in [-0.15, -0.1) is 10.2 Å². The van der Waals surface area contributed by atoms with Gasteiger partial charge in [0.25, 0.3) is 0 Å². The number of hydrogen-bond donors (Lipinski definition) is 2. The molecule has 2 N–H and O–H groups in total. The molecule has 0 amide bonds. The Morgan fingerprint density at radius 3 is 2.68 bits per heavy atom. The molecule has 1 aliphatic rings. The molecule has 5 rings (SSSR count). The largest absolute Gasteiger partial charge is 0.404 e. The molecule has 11 heteroatoms. The molecule has 3 aromatic heterocycles.